The topological polar surface area (TPSA) is 63.4 Å². The van der Waals surface area contributed by atoms with Crippen molar-refractivity contribution in [2.45, 2.75) is 25.0 Å². The fourth-order valence-corrected chi connectivity index (χ4v) is 3.10. The number of halogens is 2. The van der Waals surface area contributed by atoms with Crippen LogP contribution in [0.2, 0.25) is 10.0 Å². The molecule has 0 aromatic carbocycles. The van der Waals surface area contributed by atoms with Gasteiger partial charge in [-0.1, -0.05) is 23.2 Å². The quantitative estimate of drug-likeness (QED) is 0.644. The Labute approximate surface area is 115 Å². The van der Waals surface area contributed by atoms with Gasteiger partial charge in [0.15, 0.2) is 5.82 Å². The van der Waals surface area contributed by atoms with Crippen molar-refractivity contribution < 1.29 is 4.74 Å². The normalized spacial score (nSPS) is 26.5. The molecule has 1 aromatic heterocycles. The van der Waals surface area contributed by atoms with E-state index in [1.807, 2.05) is 0 Å². The fraction of sp³-hybridized carbons (Fsp3) is 0.545. The van der Waals surface area contributed by atoms with E-state index in [-0.39, 0.29) is 12.2 Å². The van der Waals surface area contributed by atoms with E-state index < -0.39 is 0 Å². The highest BCUT2D eigenvalue weighted by Crippen LogP contribution is 2.35. The molecular formula is C11H14Cl2N4O. The molecule has 7 heteroatoms. The minimum atomic E-state index is 0.284. The highest BCUT2D eigenvalue weighted by molar-refractivity contribution is 6.37. The maximum absolute atomic E-state index is 6.21. The fourth-order valence-electron chi connectivity index (χ4n) is 2.57. The zero-order valence-electron chi connectivity index (χ0n) is 9.70. The van der Waals surface area contributed by atoms with E-state index in [4.69, 9.17) is 33.8 Å². The number of aromatic nitrogens is 1. The molecule has 2 atom stereocenters. The molecule has 0 saturated carbocycles. The van der Waals surface area contributed by atoms with Crippen molar-refractivity contribution in [2.24, 2.45) is 5.84 Å². The molecule has 0 radical (unpaired) electrons. The van der Waals surface area contributed by atoms with Crippen LogP contribution < -0.4 is 16.2 Å². The Balaban J connectivity index is 1.91. The molecule has 3 N–H and O–H groups in total. The maximum atomic E-state index is 6.21. The minimum absolute atomic E-state index is 0.284. The Morgan fingerprint density at radius 1 is 1.28 bits per heavy atom. The summed E-state index contributed by atoms with van der Waals surface area (Å²) >= 11 is 12.2. The largest absolute Gasteiger partial charge is 0.371 e. The Morgan fingerprint density at radius 3 is 2.56 bits per heavy atom. The summed E-state index contributed by atoms with van der Waals surface area (Å²) in [4.78, 5) is 6.53. The van der Waals surface area contributed by atoms with Gasteiger partial charge in [0.25, 0.3) is 0 Å². The number of ether oxygens (including phenoxy) is 1. The zero-order chi connectivity index (χ0) is 12.7. The van der Waals surface area contributed by atoms with Crippen LogP contribution in [0.25, 0.3) is 0 Å². The number of hydrogen-bond donors (Lipinski definition) is 2. The average Bonchev–Trinajstić information content (AvgIpc) is 2.68. The minimum Gasteiger partial charge on any atom is -0.371 e. The molecular weight excluding hydrogens is 275 g/mol. The number of nitrogens with one attached hydrogen (secondary N) is 1. The first-order chi connectivity index (χ1) is 8.67. The van der Waals surface area contributed by atoms with Crippen molar-refractivity contribution in [3.63, 3.8) is 0 Å². The lowest BCUT2D eigenvalue weighted by atomic mass is 10.2. The summed E-state index contributed by atoms with van der Waals surface area (Å²) in [5.41, 5.74) is 2.48. The highest BCUT2D eigenvalue weighted by atomic mass is 35.5. The van der Waals surface area contributed by atoms with Crippen molar-refractivity contribution in [1.82, 2.24) is 4.98 Å². The standard InChI is InChI=1S/C11H14Cl2N4O/c12-8-3-9(13)11(15-10(8)16-14)17-4-6-1-2-7(5-17)18-6/h3,6-7H,1-2,4-5,14H2,(H,15,16). The summed E-state index contributed by atoms with van der Waals surface area (Å²) in [7, 11) is 0. The van der Waals surface area contributed by atoms with Crippen LogP contribution in [-0.2, 0) is 4.74 Å². The summed E-state index contributed by atoms with van der Waals surface area (Å²) in [5.74, 6) is 6.54. The molecule has 2 aliphatic rings. The van der Waals surface area contributed by atoms with Gasteiger partial charge >= 0.3 is 0 Å². The lowest BCUT2D eigenvalue weighted by molar-refractivity contribution is 0.0302. The Kier molecular flexibility index (Phi) is 3.23. The summed E-state index contributed by atoms with van der Waals surface area (Å²) in [6.07, 6.45) is 2.78. The van der Waals surface area contributed by atoms with Gasteiger partial charge in [-0.3, -0.25) is 0 Å². The third-order valence-electron chi connectivity index (χ3n) is 3.39. The van der Waals surface area contributed by atoms with E-state index in [1.165, 1.54) is 0 Å². The second-order valence-electron chi connectivity index (χ2n) is 4.63. The van der Waals surface area contributed by atoms with Gasteiger partial charge in [-0.25, -0.2) is 10.8 Å². The van der Waals surface area contributed by atoms with Crippen molar-refractivity contribution in [3.8, 4) is 0 Å². The SMILES string of the molecule is NNc1nc(N2CC3CCC(C2)O3)c(Cl)cc1Cl. The van der Waals surface area contributed by atoms with Crippen LogP contribution in [0.15, 0.2) is 6.07 Å². The highest BCUT2D eigenvalue weighted by Gasteiger charge is 2.35. The molecule has 98 valence electrons. The molecule has 2 fully saturated rings. The van der Waals surface area contributed by atoms with Gasteiger partial charge in [-0.05, 0) is 18.9 Å². The van der Waals surface area contributed by atoms with Gasteiger partial charge < -0.3 is 15.1 Å². The second-order valence-corrected chi connectivity index (χ2v) is 5.45. The van der Waals surface area contributed by atoms with Crippen LogP contribution in [0.4, 0.5) is 11.6 Å². The monoisotopic (exact) mass is 288 g/mol. The summed E-state index contributed by atoms with van der Waals surface area (Å²) in [6, 6.07) is 1.66. The number of hydrazine groups is 1. The number of fused-ring (bicyclic) bond motifs is 2. The number of rotatable bonds is 2. The molecule has 5 nitrogen and oxygen atoms in total. The predicted octanol–water partition coefficient (Wildman–Crippen LogP) is 2.04. The molecule has 2 saturated heterocycles. The van der Waals surface area contributed by atoms with E-state index in [0.29, 0.717) is 21.7 Å². The van der Waals surface area contributed by atoms with Crippen LogP contribution in [-0.4, -0.2) is 30.3 Å². The molecule has 18 heavy (non-hydrogen) atoms. The van der Waals surface area contributed by atoms with E-state index in [2.05, 4.69) is 15.3 Å². The smallest absolute Gasteiger partial charge is 0.161 e. The first kappa shape index (κ1) is 12.3. The van der Waals surface area contributed by atoms with E-state index in [0.717, 1.165) is 25.9 Å². The molecule has 0 aliphatic carbocycles. The lowest BCUT2D eigenvalue weighted by Crippen LogP contribution is -2.43. The number of nitrogens with zero attached hydrogens (tertiary/aromatic N) is 2. The van der Waals surface area contributed by atoms with Gasteiger partial charge in [0.2, 0.25) is 0 Å². The molecule has 0 spiro atoms. The van der Waals surface area contributed by atoms with E-state index in [1.54, 1.807) is 6.07 Å². The first-order valence-corrected chi connectivity index (χ1v) is 6.66. The molecule has 2 aliphatic heterocycles. The van der Waals surface area contributed by atoms with Gasteiger partial charge in [0.05, 0.1) is 22.3 Å². The third kappa shape index (κ3) is 2.12. The van der Waals surface area contributed by atoms with Gasteiger partial charge in [0.1, 0.15) is 5.82 Å². The number of pyridine rings is 1. The number of nitrogens with two attached hydrogens (primary N) is 1. The number of hydrogen-bond acceptors (Lipinski definition) is 5. The Bertz CT molecular complexity index is 459. The molecule has 0 amide bonds. The van der Waals surface area contributed by atoms with Crippen molar-refractivity contribution in [2.75, 3.05) is 23.4 Å². The number of morpholine rings is 1. The summed E-state index contributed by atoms with van der Waals surface area (Å²) in [6.45, 7) is 1.63. The molecule has 2 unspecified atom stereocenters. The Morgan fingerprint density at radius 2 is 1.94 bits per heavy atom. The zero-order valence-corrected chi connectivity index (χ0v) is 11.2. The third-order valence-corrected chi connectivity index (χ3v) is 3.96. The second kappa shape index (κ2) is 4.74. The lowest BCUT2D eigenvalue weighted by Gasteiger charge is -2.33. The average molecular weight is 289 g/mol. The van der Waals surface area contributed by atoms with Crippen molar-refractivity contribution >= 4 is 34.8 Å². The molecule has 1 aromatic rings. The van der Waals surface area contributed by atoms with Gasteiger partial charge in [-0.15, -0.1) is 0 Å². The van der Waals surface area contributed by atoms with Gasteiger partial charge in [-0.2, -0.15) is 0 Å². The van der Waals surface area contributed by atoms with E-state index in [9.17, 15) is 0 Å². The maximum Gasteiger partial charge on any atom is 0.161 e. The van der Waals surface area contributed by atoms with Crippen LogP contribution in [0.5, 0.6) is 0 Å². The van der Waals surface area contributed by atoms with Crippen LogP contribution in [0.1, 0.15) is 12.8 Å². The summed E-state index contributed by atoms with van der Waals surface area (Å²) < 4.78 is 5.79. The molecule has 2 bridgehead atoms. The Hall–Kier alpha value is -0.750. The first-order valence-electron chi connectivity index (χ1n) is 5.90. The predicted molar refractivity (Wildman–Crippen MR) is 72.2 cm³/mol. The van der Waals surface area contributed by atoms with Crippen LogP contribution in [0.3, 0.4) is 0 Å². The van der Waals surface area contributed by atoms with Crippen molar-refractivity contribution in [3.05, 3.63) is 16.1 Å². The number of nitrogen functional groups attached to an aromatic ring is 1. The van der Waals surface area contributed by atoms with Crippen molar-refractivity contribution in [1.29, 1.82) is 0 Å². The van der Waals surface area contributed by atoms with Crippen LogP contribution in [0, 0.1) is 0 Å². The summed E-state index contributed by atoms with van der Waals surface area (Å²) in [5, 5.41) is 0.961. The molecule has 3 rings (SSSR count). The molecule has 3 heterocycles. The van der Waals surface area contributed by atoms with Gasteiger partial charge in [0, 0.05) is 13.1 Å². The number of anilines is 2. The van der Waals surface area contributed by atoms with E-state index >= 15 is 0 Å². The van der Waals surface area contributed by atoms with Crippen LogP contribution >= 0.6 is 23.2 Å².